The monoisotopic (exact) mass is 471 g/mol. The Balaban J connectivity index is 1.74. The van der Waals surface area contributed by atoms with Crippen LogP contribution < -0.4 is 19.7 Å². The summed E-state index contributed by atoms with van der Waals surface area (Å²) in [7, 11) is -1.95. The van der Waals surface area contributed by atoms with E-state index in [1.165, 1.54) is 12.0 Å². The third kappa shape index (κ3) is 5.09. The van der Waals surface area contributed by atoms with Crippen LogP contribution in [0, 0.1) is 17.7 Å². The van der Waals surface area contributed by atoms with E-state index in [0.717, 1.165) is 24.7 Å². The summed E-state index contributed by atoms with van der Waals surface area (Å²) in [6.45, 7) is 0.0691. The minimum Gasteiger partial charge on any atom is -0.495 e. The molecule has 0 atom stereocenters. The van der Waals surface area contributed by atoms with Crippen LogP contribution in [0.5, 0.6) is 5.75 Å². The lowest BCUT2D eigenvalue weighted by atomic mass is 10.0. The first-order chi connectivity index (χ1) is 15.7. The van der Waals surface area contributed by atoms with Crippen molar-refractivity contribution in [3.8, 4) is 17.6 Å². The van der Waals surface area contributed by atoms with Crippen LogP contribution in [0.25, 0.3) is 0 Å². The number of imide groups is 1. The molecule has 1 aliphatic carbocycles. The lowest BCUT2D eigenvalue weighted by Crippen LogP contribution is -2.50. The molecule has 10 heteroatoms. The minimum absolute atomic E-state index is 0.0277. The molecule has 1 saturated carbocycles. The van der Waals surface area contributed by atoms with Gasteiger partial charge in [-0.05, 0) is 49.1 Å². The summed E-state index contributed by atoms with van der Waals surface area (Å²) in [6.07, 6.45) is 2.98. The molecular formula is C23H22FN3O5S. The summed E-state index contributed by atoms with van der Waals surface area (Å²) >= 11 is 0. The third-order valence-electron chi connectivity index (χ3n) is 5.31. The highest BCUT2D eigenvalue weighted by Crippen LogP contribution is 2.48. The van der Waals surface area contributed by atoms with Crippen LogP contribution in [0.4, 0.5) is 20.6 Å². The number of methoxy groups -OCH3 is 1. The number of ether oxygens (including phenoxy) is 1. The van der Waals surface area contributed by atoms with E-state index in [1.807, 2.05) is 0 Å². The first kappa shape index (κ1) is 22.6. The fourth-order valence-electron chi connectivity index (χ4n) is 3.64. The fourth-order valence-corrected chi connectivity index (χ4v) is 4.20. The highest BCUT2D eigenvalue weighted by molar-refractivity contribution is 7.92. The van der Waals surface area contributed by atoms with Crippen molar-refractivity contribution in [3.63, 3.8) is 0 Å². The van der Waals surface area contributed by atoms with E-state index in [1.54, 1.807) is 30.3 Å². The van der Waals surface area contributed by atoms with Crippen LogP contribution in [0.2, 0.25) is 0 Å². The smallest absolute Gasteiger partial charge is 0.328 e. The molecule has 33 heavy (non-hydrogen) atoms. The molecule has 8 nitrogen and oxygen atoms in total. The van der Waals surface area contributed by atoms with E-state index in [2.05, 4.69) is 21.9 Å². The number of hydrogen-bond acceptors (Lipinski definition) is 5. The van der Waals surface area contributed by atoms with Crippen LogP contribution in [0.1, 0.15) is 41.9 Å². The van der Waals surface area contributed by atoms with Crippen LogP contribution in [0.3, 0.4) is 0 Å². The van der Waals surface area contributed by atoms with E-state index in [4.69, 9.17) is 4.74 Å². The lowest BCUT2D eigenvalue weighted by molar-refractivity contribution is -0.120. The van der Waals surface area contributed by atoms with E-state index < -0.39 is 27.8 Å². The zero-order chi connectivity index (χ0) is 23.8. The van der Waals surface area contributed by atoms with Gasteiger partial charge in [-0.3, -0.25) is 19.7 Å². The van der Waals surface area contributed by atoms with Crippen LogP contribution in [-0.4, -0.2) is 40.3 Å². The number of nitrogens with one attached hydrogen (secondary N) is 2. The Labute approximate surface area is 191 Å². The second-order valence-corrected chi connectivity index (χ2v) is 9.69. The number of rotatable bonds is 5. The van der Waals surface area contributed by atoms with E-state index in [0.29, 0.717) is 17.0 Å². The number of hydrogen-bond donors (Lipinski definition) is 2. The summed E-state index contributed by atoms with van der Waals surface area (Å²) in [6, 6.07) is 7.27. The molecule has 4 rings (SSSR count). The zero-order valence-corrected chi connectivity index (χ0v) is 18.9. The van der Waals surface area contributed by atoms with Gasteiger partial charge in [0.25, 0.3) is 0 Å². The summed E-state index contributed by atoms with van der Waals surface area (Å²) < 4.78 is 46.2. The molecule has 0 radical (unpaired) electrons. The molecule has 2 aliphatic rings. The molecule has 1 aliphatic heterocycles. The van der Waals surface area contributed by atoms with Gasteiger partial charge >= 0.3 is 6.03 Å². The van der Waals surface area contributed by atoms with Crippen LogP contribution in [0.15, 0.2) is 30.3 Å². The van der Waals surface area contributed by atoms with Gasteiger partial charge in [0.05, 0.1) is 19.1 Å². The second-order valence-electron chi connectivity index (χ2n) is 7.94. The Morgan fingerprint density at radius 1 is 1.18 bits per heavy atom. The Kier molecular flexibility index (Phi) is 5.99. The van der Waals surface area contributed by atoms with Crippen LogP contribution in [-0.2, 0) is 14.8 Å². The van der Waals surface area contributed by atoms with Crippen LogP contribution >= 0.6 is 0 Å². The molecule has 1 saturated heterocycles. The summed E-state index contributed by atoms with van der Waals surface area (Å²) in [5.41, 5.74) is 1.78. The number of carbonyl (C=O) groups is 2. The molecule has 172 valence electrons. The molecule has 2 fully saturated rings. The van der Waals surface area contributed by atoms with Crippen molar-refractivity contribution in [1.82, 2.24) is 5.32 Å². The molecule has 0 spiro atoms. The maximum atomic E-state index is 15.6. The van der Waals surface area contributed by atoms with Gasteiger partial charge < -0.3 is 4.74 Å². The highest BCUT2D eigenvalue weighted by atomic mass is 32.2. The molecule has 2 aromatic rings. The maximum Gasteiger partial charge on any atom is 0.328 e. The van der Waals surface area contributed by atoms with Crippen molar-refractivity contribution in [1.29, 1.82) is 0 Å². The van der Waals surface area contributed by atoms with Gasteiger partial charge in [0.15, 0.2) is 5.82 Å². The van der Waals surface area contributed by atoms with E-state index >= 15 is 4.39 Å². The number of benzene rings is 2. The van der Waals surface area contributed by atoms with Gasteiger partial charge in [0.1, 0.15) is 11.3 Å². The zero-order valence-electron chi connectivity index (χ0n) is 18.1. The van der Waals surface area contributed by atoms with Gasteiger partial charge in [-0.15, -0.1) is 0 Å². The van der Waals surface area contributed by atoms with Crippen molar-refractivity contribution < 1.29 is 27.1 Å². The fraction of sp³-hybridized carbons (Fsp3) is 0.304. The minimum atomic E-state index is -3.40. The predicted molar refractivity (Wildman–Crippen MR) is 121 cm³/mol. The van der Waals surface area contributed by atoms with E-state index in [-0.39, 0.29) is 30.1 Å². The molecule has 3 amide bonds. The molecule has 0 bridgehead atoms. The number of nitrogens with zero attached hydrogens (tertiary/aromatic N) is 1. The first-order valence-corrected chi connectivity index (χ1v) is 12.2. The Morgan fingerprint density at radius 3 is 2.45 bits per heavy atom. The van der Waals surface area contributed by atoms with Crippen molar-refractivity contribution >= 4 is 33.3 Å². The summed E-state index contributed by atoms with van der Waals surface area (Å²) in [4.78, 5) is 25.1. The Morgan fingerprint density at radius 2 is 1.88 bits per heavy atom. The Bertz CT molecular complexity index is 1290. The third-order valence-corrected chi connectivity index (χ3v) is 5.92. The van der Waals surface area contributed by atoms with Gasteiger partial charge in [-0.1, -0.05) is 11.8 Å². The number of amides is 3. The largest absolute Gasteiger partial charge is 0.495 e. The molecule has 2 aromatic carbocycles. The highest BCUT2D eigenvalue weighted by Gasteiger charge is 2.34. The van der Waals surface area contributed by atoms with Gasteiger partial charge in [0.2, 0.25) is 15.9 Å². The van der Waals surface area contributed by atoms with E-state index in [9.17, 15) is 18.0 Å². The van der Waals surface area contributed by atoms with Gasteiger partial charge in [-0.25, -0.2) is 17.6 Å². The standard InChI is InChI=1S/C23H22FN3O5S/c1-32-22-17(10-5-14-3-8-16(9-4-14)26-33(2,30)31)21(24)19(13-18(22)15-6-7-15)27-12-11-20(28)25-23(27)29/h3-4,8-9,13,15,26H,6-7,11-12H2,1-2H3,(H,25,28,29). The normalized spacial score (nSPS) is 16.0. The van der Waals surface area contributed by atoms with Crippen molar-refractivity contribution in [2.24, 2.45) is 0 Å². The molecular weight excluding hydrogens is 449 g/mol. The SMILES string of the molecule is COc1c(C2CC2)cc(N2CCC(=O)NC2=O)c(F)c1C#Cc1ccc(NS(C)(=O)=O)cc1. The van der Waals surface area contributed by atoms with Crippen molar-refractivity contribution in [3.05, 3.63) is 52.8 Å². The summed E-state index contributed by atoms with van der Waals surface area (Å²) in [5, 5.41) is 2.21. The quantitative estimate of drug-likeness (QED) is 0.653. The van der Waals surface area contributed by atoms with Gasteiger partial charge in [-0.2, -0.15) is 0 Å². The number of anilines is 2. The summed E-state index contributed by atoms with van der Waals surface area (Å²) in [5.74, 6) is 5.12. The van der Waals surface area contributed by atoms with Crippen molar-refractivity contribution in [2.75, 3.05) is 29.5 Å². The predicted octanol–water partition coefficient (Wildman–Crippen LogP) is 2.93. The first-order valence-electron chi connectivity index (χ1n) is 10.3. The topological polar surface area (TPSA) is 105 Å². The second kappa shape index (κ2) is 8.75. The number of halogens is 1. The maximum absolute atomic E-state index is 15.6. The average molecular weight is 472 g/mol. The average Bonchev–Trinajstić information content (AvgIpc) is 3.58. The van der Waals surface area contributed by atoms with Crippen molar-refractivity contribution in [2.45, 2.75) is 25.2 Å². The Hall–Kier alpha value is -3.58. The lowest BCUT2D eigenvalue weighted by Gasteiger charge is -2.28. The van der Waals surface area contributed by atoms with Gasteiger partial charge in [0, 0.05) is 29.8 Å². The molecule has 0 aromatic heterocycles. The number of urea groups is 1. The molecule has 1 heterocycles. The number of carbonyl (C=O) groups excluding carboxylic acids is 2. The molecule has 2 N–H and O–H groups in total. The number of sulfonamides is 1. The molecule has 0 unspecified atom stereocenters.